The summed E-state index contributed by atoms with van der Waals surface area (Å²) in [4.78, 5) is 24.9. The first-order valence-corrected chi connectivity index (χ1v) is 12.4. The molecule has 1 heterocycles. The molecule has 0 spiro atoms. The SMILES string of the molecule is CC(C)C(CO)NC(=O)CCOCCOCCOCCOCCOCCOCCN1CC=CC1=O. The first kappa shape index (κ1) is 31.4. The Balaban J connectivity index is 1.71. The number of nitrogens with one attached hydrogen (secondary N) is 1. The van der Waals surface area contributed by atoms with E-state index in [2.05, 4.69) is 5.32 Å². The molecular weight excluding hydrogens is 460 g/mol. The van der Waals surface area contributed by atoms with Crippen LogP contribution in [0.25, 0.3) is 0 Å². The molecule has 0 aromatic heterocycles. The number of ether oxygens (including phenoxy) is 6. The Morgan fingerprint density at radius 3 is 1.71 bits per heavy atom. The molecule has 11 heteroatoms. The number of carbonyl (C=O) groups is 2. The minimum atomic E-state index is -0.224. The molecular formula is C24H44N2O9. The standard InChI is InChI=1S/C24H44N2O9/c1-21(2)22(20-27)25-23(28)5-8-30-10-12-32-14-16-34-18-19-35-17-15-33-13-11-31-9-7-26-6-3-4-24(26)29/h3-4,21-22,27H,5-20H2,1-2H3,(H,25,28). The van der Waals surface area contributed by atoms with Crippen molar-refractivity contribution in [1.82, 2.24) is 10.2 Å². The first-order chi connectivity index (χ1) is 17.0. The van der Waals surface area contributed by atoms with Crippen molar-refractivity contribution >= 4 is 11.8 Å². The smallest absolute Gasteiger partial charge is 0.246 e. The van der Waals surface area contributed by atoms with E-state index in [-0.39, 0.29) is 36.8 Å². The van der Waals surface area contributed by atoms with Crippen molar-refractivity contribution in [3.63, 3.8) is 0 Å². The summed E-state index contributed by atoms with van der Waals surface area (Å²) in [5.74, 6) is 0.0927. The second-order valence-electron chi connectivity index (χ2n) is 8.21. The molecule has 0 saturated heterocycles. The van der Waals surface area contributed by atoms with E-state index in [4.69, 9.17) is 28.4 Å². The van der Waals surface area contributed by atoms with Gasteiger partial charge in [0, 0.05) is 25.6 Å². The van der Waals surface area contributed by atoms with Gasteiger partial charge in [0.2, 0.25) is 11.8 Å². The van der Waals surface area contributed by atoms with Crippen molar-refractivity contribution < 1.29 is 43.1 Å². The van der Waals surface area contributed by atoms with Gasteiger partial charge in [-0.3, -0.25) is 9.59 Å². The second-order valence-corrected chi connectivity index (χ2v) is 8.21. The lowest BCUT2D eigenvalue weighted by atomic mass is 10.1. The number of nitrogens with zero attached hydrogens (tertiary/aromatic N) is 1. The molecule has 0 aromatic carbocycles. The van der Waals surface area contributed by atoms with Crippen LogP contribution in [-0.2, 0) is 38.0 Å². The summed E-state index contributed by atoms with van der Waals surface area (Å²) in [6, 6.07) is -0.224. The number of amides is 2. The van der Waals surface area contributed by atoms with Gasteiger partial charge >= 0.3 is 0 Å². The molecule has 1 aliphatic heterocycles. The molecule has 0 aliphatic carbocycles. The fourth-order valence-electron chi connectivity index (χ4n) is 2.92. The van der Waals surface area contributed by atoms with Crippen LogP contribution >= 0.6 is 0 Å². The zero-order valence-corrected chi connectivity index (χ0v) is 21.3. The van der Waals surface area contributed by atoms with Crippen LogP contribution in [0.15, 0.2) is 12.2 Å². The number of carbonyl (C=O) groups excluding carboxylic acids is 2. The lowest BCUT2D eigenvalue weighted by Crippen LogP contribution is -2.41. The Morgan fingerprint density at radius 1 is 0.857 bits per heavy atom. The van der Waals surface area contributed by atoms with E-state index in [0.29, 0.717) is 92.4 Å². The van der Waals surface area contributed by atoms with Gasteiger partial charge in [0.15, 0.2) is 0 Å². The lowest BCUT2D eigenvalue weighted by molar-refractivity contribution is -0.125. The van der Waals surface area contributed by atoms with Crippen molar-refractivity contribution in [2.45, 2.75) is 26.3 Å². The molecule has 204 valence electrons. The highest BCUT2D eigenvalue weighted by molar-refractivity contribution is 5.89. The molecule has 1 unspecified atom stereocenters. The normalized spacial score (nSPS) is 14.3. The molecule has 0 bridgehead atoms. The van der Waals surface area contributed by atoms with Gasteiger partial charge in [0.05, 0.1) is 91.9 Å². The highest BCUT2D eigenvalue weighted by Gasteiger charge is 2.15. The number of rotatable bonds is 24. The van der Waals surface area contributed by atoms with Crippen LogP contribution in [0.5, 0.6) is 0 Å². The zero-order valence-electron chi connectivity index (χ0n) is 21.3. The molecule has 0 radical (unpaired) electrons. The predicted molar refractivity (Wildman–Crippen MR) is 129 cm³/mol. The Bertz CT molecular complexity index is 575. The maximum Gasteiger partial charge on any atom is 0.246 e. The fraction of sp³-hybridized carbons (Fsp3) is 0.833. The Labute approximate surface area is 209 Å². The molecule has 11 nitrogen and oxygen atoms in total. The largest absolute Gasteiger partial charge is 0.394 e. The first-order valence-electron chi connectivity index (χ1n) is 12.4. The van der Waals surface area contributed by atoms with Crippen molar-refractivity contribution in [3.8, 4) is 0 Å². The summed E-state index contributed by atoms with van der Waals surface area (Å²) in [5, 5.41) is 12.0. The topological polar surface area (TPSA) is 125 Å². The van der Waals surface area contributed by atoms with E-state index in [1.165, 1.54) is 0 Å². The number of hydrogen-bond donors (Lipinski definition) is 2. The van der Waals surface area contributed by atoms with Crippen LogP contribution in [0.1, 0.15) is 20.3 Å². The summed E-state index contributed by atoms with van der Waals surface area (Å²) in [5.41, 5.74) is 0. The monoisotopic (exact) mass is 504 g/mol. The van der Waals surface area contributed by atoms with Gasteiger partial charge in [-0.15, -0.1) is 0 Å². The van der Waals surface area contributed by atoms with E-state index >= 15 is 0 Å². The van der Waals surface area contributed by atoms with E-state index in [1.807, 2.05) is 19.9 Å². The molecule has 0 saturated carbocycles. The van der Waals surface area contributed by atoms with E-state index in [9.17, 15) is 14.7 Å². The van der Waals surface area contributed by atoms with Gasteiger partial charge in [0.1, 0.15) is 0 Å². The van der Waals surface area contributed by atoms with Crippen molar-refractivity contribution in [2.24, 2.45) is 5.92 Å². The van der Waals surface area contributed by atoms with E-state index in [1.54, 1.807) is 11.0 Å². The van der Waals surface area contributed by atoms with Crippen LogP contribution in [0, 0.1) is 5.92 Å². The third-order valence-electron chi connectivity index (χ3n) is 5.08. The van der Waals surface area contributed by atoms with Crippen molar-refractivity contribution in [2.75, 3.05) is 99.0 Å². The maximum absolute atomic E-state index is 11.8. The molecule has 1 aliphatic rings. The molecule has 35 heavy (non-hydrogen) atoms. The fourth-order valence-corrected chi connectivity index (χ4v) is 2.92. The van der Waals surface area contributed by atoms with Crippen LogP contribution in [0.3, 0.4) is 0 Å². The molecule has 0 aromatic rings. The highest BCUT2D eigenvalue weighted by atomic mass is 16.6. The number of aliphatic hydroxyl groups excluding tert-OH is 1. The van der Waals surface area contributed by atoms with Gasteiger partial charge in [0.25, 0.3) is 0 Å². The summed E-state index contributed by atoms with van der Waals surface area (Å²) in [7, 11) is 0. The van der Waals surface area contributed by atoms with Gasteiger partial charge in [-0.2, -0.15) is 0 Å². The average Bonchev–Trinajstić information content (AvgIpc) is 3.25. The zero-order chi connectivity index (χ0) is 25.6. The number of hydrogen-bond acceptors (Lipinski definition) is 9. The third-order valence-corrected chi connectivity index (χ3v) is 5.08. The van der Waals surface area contributed by atoms with Gasteiger partial charge < -0.3 is 43.7 Å². The summed E-state index contributed by atoms with van der Waals surface area (Å²) in [6.07, 6.45) is 3.68. The van der Waals surface area contributed by atoms with Crippen molar-refractivity contribution in [3.05, 3.63) is 12.2 Å². The van der Waals surface area contributed by atoms with Crippen molar-refractivity contribution in [1.29, 1.82) is 0 Å². The predicted octanol–water partition coefficient (Wildman–Crippen LogP) is 0.00760. The quantitative estimate of drug-likeness (QED) is 0.175. The summed E-state index contributed by atoms with van der Waals surface area (Å²) >= 11 is 0. The van der Waals surface area contributed by atoms with Crippen LogP contribution in [0.4, 0.5) is 0 Å². The molecule has 2 N–H and O–H groups in total. The average molecular weight is 505 g/mol. The van der Waals surface area contributed by atoms with E-state index in [0.717, 1.165) is 0 Å². The molecule has 0 fully saturated rings. The molecule has 2 amide bonds. The van der Waals surface area contributed by atoms with Crippen LogP contribution in [-0.4, -0.2) is 127 Å². The lowest BCUT2D eigenvalue weighted by Gasteiger charge is -2.19. The van der Waals surface area contributed by atoms with Gasteiger partial charge in [-0.1, -0.05) is 19.9 Å². The maximum atomic E-state index is 11.8. The molecule has 1 atom stereocenters. The summed E-state index contributed by atoms with van der Waals surface area (Å²) < 4.78 is 32.5. The Kier molecular flexibility index (Phi) is 19.5. The van der Waals surface area contributed by atoms with Crippen LogP contribution in [0.2, 0.25) is 0 Å². The third kappa shape index (κ3) is 17.5. The molecule has 1 rings (SSSR count). The Hall–Kier alpha value is -1.60. The van der Waals surface area contributed by atoms with E-state index < -0.39 is 0 Å². The Morgan fingerprint density at radius 2 is 1.31 bits per heavy atom. The minimum absolute atomic E-state index is 0.0404. The minimum Gasteiger partial charge on any atom is -0.394 e. The highest BCUT2D eigenvalue weighted by Crippen LogP contribution is 2.01. The van der Waals surface area contributed by atoms with Crippen LogP contribution < -0.4 is 5.32 Å². The summed E-state index contributed by atoms with van der Waals surface area (Å²) in [6.45, 7) is 10.6. The van der Waals surface area contributed by atoms with Gasteiger partial charge in [-0.05, 0) is 5.92 Å². The number of aliphatic hydroxyl groups is 1. The second kappa shape index (κ2) is 21.7. The van der Waals surface area contributed by atoms with Gasteiger partial charge in [-0.25, -0.2) is 0 Å².